The Kier molecular flexibility index (Phi) is 4.25. The van der Waals surface area contributed by atoms with Crippen LogP contribution in [0.3, 0.4) is 0 Å². The molecular formula is C17H22N2O2. The summed E-state index contributed by atoms with van der Waals surface area (Å²) in [5.41, 5.74) is 0. The average Bonchev–Trinajstić information content (AvgIpc) is 2.55. The highest BCUT2D eigenvalue weighted by atomic mass is 16.5. The number of methoxy groups -OCH3 is 1. The first-order valence-corrected chi connectivity index (χ1v) is 7.58. The van der Waals surface area contributed by atoms with E-state index in [0.717, 1.165) is 29.4 Å². The van der Waals surface area contributed by atoms with Crippen LogP contribution >= 0.6 is 0 Å². The van der Waals surface area contributed by atoms with Crippen LogP contribution in [0.1, 0.15) is 25.7 Å². The Hall–Kier alpha value is -1.81. The van der Waals surface area contributed by atoms with E-state index in [1.165, 1.54) is 12.8 Å². The van der Waals surface area contributed by atoms with Gasteiger partial charge in [0.1, 0.15) is 11.9 Å². The zero-order chi connectivity index (χ0) is 14.7. The van der Waals surface area contributed by atoms with Crippen molar-refractivity contribution in [1.29, 1.82) is 0 Å². The number of hydrogen-bond acceptors (Lipinski definition) is 4. The summed E-state index contributed by atoms with van der Waals surface area (Å²) in [4.78, 5) is 4.44. The van der Waals surface area contributed by atoms with Gasteiger partial charge in [-0.25, -0.2) is 4.98 Å². The third-order valence-corrected chi connectivity index (χ3v) is 4.27. The van der Waals surface area contributed by atoms with Crippen LogP contribution in [0, 0.1) is 0 Å². The summed E-state index contributed by atoms with van der Waals surface area (Å²) < 4.78 is 11.6. The number of pyridine rings is 1. The highest BCUT2D eigenvalue weighted by Gasteiger charge is 2.26. The SMILES string of the molecule is CNC1CCCCC1Oc1nccc2ccc(OC)cc12. The molecule has 1 saturated carbocycles. The fraction of sp³-hybridized carbons (Fsp3) is 0.471. The van der Waals surface area contributed by atoms with Crippen molar-refractivity contribution in [2.24, 2.45) is 0 Å². The first-order chi connectivity index (χ1) is 10.3. The zero-order valence-corrected chi connectivity index (χ0v) is 12.6. The molecule has 1 N–H and O–H groups in total. The van der Waals surface area contributed by atoms with Crippen LogP contribution < -0.4 is 14.8 Å². The van der Waals surface area contributed by atoms with Crippen LogP contribution in [-0.2, 0) is 0 Å². The topological polar surface area (TPSA) is 43.4 Å². The molecule has 4 heteroatoms. The second-order valence-corrected chi connectivity index (χ2v) is 5.54. The number of fused-ring (bicyclic) bond motifs is 1. The van der Waals surface area contributed by atoms with Gasteiger partial charge in [0.25, 0.3) is 0 Å². The fourth-order valence-electron chi connectivity index (χ4n) is 3.05. The monoisotopic (exact) mass is 286 g/mol. The second kappa shape index (κ2) is 6.31. The van der Waals surface area contributed by atoms with E-state index in [-0.39, 0.29) is 6.10 Å². The van der Waals surface area contributed by atoms with Crippen molar-refractivity contribution < 1.29 is 9.47 Å². The second-order valence-electron chi connectivity index (χ2n) is 5.54. The Bertz CT molecular complexity index is 615. The number of aromatic nitrogens is 1. The Morgan fingerprint density at radius 2 is 2.05 bits per heavy atom. The zero-order valence-electron chi connectivity index (χ0n) is 12.6. The smallest absolute Gasteiger partial charge is 0.221 e. The summed E-state index contributed by atoms with van der Waals surface area (Å²) in [7, 11) is 3.68. The maximum Gasteiger partial charge on any atom is 0.221 e. The van der Waals surface area contributed by atoms with Gasteiger partial charge in [-0.15, -0.1) is 0 Å². The molecular weight excluding hydrogens is 264 g/mol. The molecule has 2 unspecified atom stereocenters. The van der Waals surface area contributed by atoms with Gasteiger partial charge in [-0.2, -0.15) is 0 Å². The van der Waals surface area contributed by atoms with Crippen LogP contribution in [0.2, 0.25) is 0 Å². The minimum Gasteiger partial charge on any atom is -0.497 e. The van der Waals surface area contributed by atoms with Crippen molar-refractivity contribution in [3.63, 3.8) is 0 Å². The fourth-order valence-corrected chi connectivity index (χ4v) is 3.05. The van der Waals surface area contributed by atoms with E-state index >= 15 is 0 Å². The summed E-state index contributed by atoms with van der Waals surface area (Å²) in [6.45, 7) is 0. The number of nitrogens with one attached hydrogen (secondary N) is 1. The number of nitrogens with zero attached hydrogens (tertiary/aromatic N) is 1. The molecule has 0 bridgehead atoms. The van der Waals surface area contributed by atoms with E-state index in [1.54, 1.807) is 13.3 Å². The lowest BCUT2D eigenvalue weighted by molar-refractivity contribution is 0.115. The Morgan fingerprint density at radius 1 is 1.19 bits per heavy atom. The maximum absolute atomic E-state index is 6.24. The Labute approximate surface area is 125 Å². The first kappa shape index (κ1) is 14.1. The molecule has 0 aliphatic heterocycles. The summed E-state index contributed by atoms with van der Waals surface area (Å²) in [5.74, 6) is 1.53. The van der Waals surface area contributed by atoms with Crippen LogP contribution in [0.15, 0.2) is 30.5 Å². The lowest BCUT2D eigenvalue weighted by Crippen LogP contribution is -2.43. The summed E-state index contributed by atoms with van der Waals surface area (Å²) in [6.07, 6.45) is 6.72. The molecule has 0 saturated heterocycles. The van der Waals surface area contributed by atoms with Gasteiger partial charge >= 0.3 is 0 Å². The van der Waals surface area contributed by atoms with Crippen LogP contribution in [0.4, 0.5) is 0 Å². The molecule has 21 heavy (non-hydrogen) atoms. The van der Waals surface area contributed by atoms with Gasteiger partial charge < -0.3 is 14.8 Å². The van der Waals surface area contributed by atoms with Gasteiger partial charge in [0.15, 0.2) is 0 Å². The van der Waals surface area contributed by atoms with E-state index in [2.05, 4.69) is 10.3 Å². The van der Waals surface area contributed by atoms with E-state index in [4.69, 9.17) is 9.47 Å². The molecule has 112 valence electrons. The normalized spacial score (nSPS) is 22.2. The van der Waals surface area contributed by atoms with Crippen LogP contribution in [0.25, 0.3) is 10.8 Å². The lowest BCUT2D eigenvalue weighted by atomic mass is 9.92. The molecule has 1 aromatic carbocycles. The molecule has 1 fully saturated rings. The molecule has 4 nitrogen and oxygen atoms in total. The molecule has 2 aromatic rings. The number of likely N-dealkylation sites (N-methyl/N-ethyl adjacent to an activating group) is 1. The van der Waals surface area contributed by atoms with Crippen molar-refractivity contribution >= 4 is 10.8 Å². The average molecular weight is 286 g/mol. The van der Waals surface area contributed by atoms with Crippen molar-refractivity contribution in [2.75, 3.05) is 14.2 Å². The highest BCUT2D eigenvalue weighted by Crippen LogP contribution is 2.30. The van der Waals surface area contributed by atoms with Crippen molar-refractivity contribution in [3.8, 4) is 11.6 Å². The van der Waals surface area contributed by atoms with Gasteiger partial charge in [-0.1, -0.05) is 12.5 Å². The largest absolute Gasteiger partial charge is 0.497 e. The molecule has 0 radical (unpaired) electrons. The minimum atomic E-state index is 0.188. The third kappa shape index (κ3) is 2.95. The van der Waals surface area contributed by atoms with Crippen LogP contribution in [0.5, 0.6) is 11.6 Å². The molecule has 1 aliphatic carbocycles. The number of ether oxygens (including phenoxy) is 2. The van der Waals surface area contributed by atoms with Crippen molar-refractivity contribution in [3.05, 3.63) is 30.5 Å². The van der Waals surface area contributed by atoms with Crippen LogP contribution in [-0.4, -0.2) is 31.3 Å². The Morgan fingerprint density at radius 3 is 2.86 bits per heavy atom. The van der Waals surface area contributed by atoms with E-state index < -0.39 is 0 Å². The molecule has 2 atom stereocenters. The highest BCUT2D eigenvalue weighted by molar-refractivity contribution is 5.87. The lowest BCUT2D eigenvalue weighted by Gasteiger charge is -2.31. The van der Waals surface area contributed by atoms with E-state index in [0.29, 0.717) is 11.9 Å². The quantitative estimate of drug-likeness (QED) is 0.937. The summed E-state index contributed by atoms with van der Waals surface area (Å²) in [6, 6.07) is 8.40. The van der Waals surface area contributed by atoms with Crippen molar-refractivity contribution in [1.82, 2.24) is 10.3 Å². The van der Waals surface area contributed by atoms with E-state index in [1.807, 2.05) is 31.3 Å². The van der Waals surface area contributed by atoms with E-state index in [9.17, 15) is 0 Å². The maximum atomic E-state index is 6.24. The molecule has 1 aromatic heterocycles. The number of rotatable bonds is 4. The predicted octanol–water partition coefficient (Wildman–Crippen LogP) is 3.15. The molecule has 0 spiro atoms. The summed E-state index contributed by atoms with van der Waals surface area (Å²) in [5, 5.41) is 5.50. The van der Waals surface area contributed by atoms with Gasteiger partial charge in [-0.3, -0.25) is 0 Å². The molecule has 3 rings (SSSR count). The van der Waals surface area contributed by atoms with Gasteiger partial charge in [0.05, 0.1) is 7.11 Å². The Balaban J connectivity index is 1.92. The molecule has 0 amide bonds. The first-order valence-electron chi connectivity index (χ1n) is 7.58. The predicted molar refractivity (Wildman–Crippen MR) is 84.0 cm³/mol. The standard InChI is InChI=1S/C17H22N2O2/c1-18-15-5-3-4-6-16(15)21-17-14-11-13(20-2)8-7-12(14)9-10-19-17/h7-11,15-16,18H,3-6H2,1-2H3. The summed E-state index contributed by atoms with van der Waals surface area (Å²) >= 11 is 0. The van der Waals surface area contributed by atoms with Crippen molar-refractivity contribution in [2.45, 2.75) is 37.8 Å². The molecule has 1 aliphatic rings. The van der Waals surface area contributed by atoms with Gasteiger partial charge in [0, 0.05) is 17.6 Å². The number of hydrogen-bond donors (Lipinski definition) is 1. The van der Waals surface area contributed by atoms with Gasteiger partial charge in [-0.05, 0) is 49.9 Å². The number of benzene rings is 1. The minimum absolute atomic E-state index is 0.188. The van der Waals surface area contributed by atoms with Gasteiger partial charge in [0.2, 0.25) is 5.88 Å². The third-order valence-electron chi connectivity index (χ3n) is 4.27. The molecule has 1 heterocycles.